The van der Waals surface area contributed by atoms with Gasteiger partial charge in [-0.3, -0.25) is 0 Å². The fourth-order valence-electron chi connectivity index (χ4n) is 2.37. The third-order valence-corrected chi connectivity index (χ3v) is 3.57. The molecule has 1 atom stereocenters. The van der Waals surface area contributed by atoms with Crippen molar-refractivity contribution in [3.05, 3.63) is 36.0 Å². The fourth-order valence-corrected chi connectivity index (χ4v) is 2.37. The molecule has 0 aromatic rings. The second-order valence-corrected chi connectivity index (χ2v) is 4.96. The summed E-state index contributed by atoms with van der Waals surface area (Å²) in [7, 11) is 1.45. The summed E-state index contributed by atoms with van der Waals surface area (Å²) in [6.45, 7) is 7.95. The summed E-state index contributed by atoms with van der Waals surface area (Å²) in [6, 6.07) is 0. The van der Waals surface area contributed by atoms with Crippen molar-refractivity contribution in [2.75, 3.05) is 7.11 Å². The van der Waals surface area contributed by atoms with Crippen molar-refractivity contribution in [1.82, 2.24) is 0 Å². The summed E-state index contributed by atoms with van der Waals surface area (Å²) in [5, 5.41) is 0. The molecule has 1 aliphatic rings. The number of ether oxygens (including phenoxy) is 1. The summed E-state index contributed by atoms with van der Waals surface area (Å²) in [5.41, 5.74) is 2.13. The van der Waals surface area contributed by atoms with Crippen LogP contribution in [0.4, 0.5) is 0 Å². The molecule has 1 aliphatic carbocycles. The monoisotopic (exact) mass is 234 g/mol. The van der Waals surface area contributed by atoms with Gasteiger partial charge in [0.2, 0.25) is 0 Å². The molecule has 0 heterocycles. The Morgan fingerprint density at radius 2 is 2.35 bits per heavy atom. The van der Waals surface area contributed by atoms with Crippen LogP contribution in [0.3, 0.4) is 0 Å². The summed E-state index contributed by atoms with van der Waals surface area (Å²) in [6.07, 6.45) is 9.87. The van der Waals surface area contributed by atoms with Gasteiger partial charge < -0.3 is 4.74 Å². The van der Waals surface area contributed by atoms with E-state index in [-0.39, 0.29) is 11.4 Å². The van der Waals surface area contributed by atoms with Crippen LogP contribution in [0.15, 0.2) is 36.0 Å². The van der Waals surface area contributed by atoms with E-state index in [1.807, 2.05) is 18.2 Å². The fraction of sp³-hybridized carbons (Fsp3) is 0.533. The lowest BCUT2D eigenvalue weighted by atomic mass is 9.78. The van der Waals surface area contributed by atoms with Crippen molar-refractivity contribution in [1.29, 1.82) is 0 Å². The van der Waals surface area contributed by atoms with Gasteiger partial charge in [-0.1, -0.05) is 37.3 Å². The minimum atomic E-state index is -0.171. The molecular formula is C15H22O2. The van der Waals surface area contributed by atoms with E-state index < -0.39 is 0 Å². The molecule has 0 radical (unpaired) electrons. The maximum Gasteiger partial charge on any atom is 0.333 e. The van der Waals surface area contributed by atoms with Gasteiger partial charge in [-0.25, -0.2) is 4.79 Å². The van der Waals surface area contributed by atoms with Crippen molar-refractivity contribution in [2.24, 2.45) is 5.41 Å². The second-order valence-electron chi connectivity index (χ2n) is 4.96. The number of hydrogen-bond donors (Lipinski definition) is 0. The molecule has 0 spiro atoms. The predicted octanol–water partition coefficient (Wildman–Crippen LogP) is 3.80. The van der Waals surface area contributed by atoms with Gasteiger partial charge in [0.1, 0.15) is 0 Å². The number of methoxy groups -OCH3 is 1. The highest BCUT2D eigenvalue weighted by Crippen LogP contribution is 2.43. The highest BCUT2D eigenvalue weighted by Gasteiger charge is 2.36. The normalized spacial score (nSPS) is 24.4. The molecule has 0 bridgehead atoms. The molecule has 0 aliphatic heterocycles. The molecule has 0 saturated carbocycles. The molecule has 1 unspecified atom stereocenters. The standard InChI is InChI=1S/C15H22O2/c1-5-7-12(2)9-11-15(3)10-6-8-13(15)14(16)17-4/h5,7-8H,1,6,9-11H2,2-4H3/b12-7+. The van der Waals surface area contributed by atoms with Crippen LogP contribution in [0, 0.1) is 5.41 Å². The third kappa shape index (κ3) is 3.32. The Morgan fingerprint density at radius 1 is 1.65 bits per heavy atom. The first-order valence-corrected chi connectivity index (χ1v) is 6.10. The van der Waals surface area contributed by atoms with Crippen LogP contribution >= 0.6 is 0 Å². The number of allylic oxidation sites excluding steroid dienone is 4. The first-order valence-electron chi connectivity index (χ1n) is 6.10. The summed E-state index contributed by atoms with van der Waals surface area (Å²) >= 11 is 0. The van der Waals surface area contributed by atoms with Crippen LogP contribution in [0.2, 0.25) is 0 Å². The average Bonchev–Trinajstić information content (AvgIpc) is 2.69. The lowest BCUT2D eigenvalue weighted by Gasteiger charge is -2.26. The topological polar surface area (TPSA) is 26.3 Å². The zero-order valence-electron chi connectivity index (χ0n) is 11.1. The second kappa shape index (κ2) is 5.85. The zero-order chi connectivity index (χ0) is 12.9. The van der Waals surface area contributed by atoms with Gasteiger partial charge in [-0.15, -0.1) is 0 Å². The highest BCUT2D eigenvalue weighted by molar-refractivity contribution is 5.90. The molecule has 0 aromatic heterocycles. The van der Waals surface area contributed by atoms with E-state index in [4.69, 9.17) is 4.74 Å². The largest absolute Gasteiger partial charge is 0.466 e. The van der Waals surface area contributed by atoms with Gasteiger partial charge in [0.15, 0.2) is 0 Å². The first-order chi connectivity index (χ1) is 8.03. The number of rotatable bonds is 5. The zero-order valence-corrected chi connectivity index (χ0v) is 11.1. The van der Waals surface area contributed by atoms with Gasteiger partial charge in [0, 0.05) is 5.57 Å². The highest BCUT2D eigenvalue weighted by atomic mass is 16.5. The third-order valence-electron chi connectivity index (χ3n) is 3.57. The van der Waals surface area contributed by atoms with E-state index in [9.17, 15) is 4.79 Å². The van der Waals surface area contributed by atoms with Crippen LogP contribution in [0.1, 0.15) is 39.5 Å². The van der Waals surface area contributed by atoms with Crippen molar-refractivity contribution in [3.8, 4) is 0 Å². The molecule has 0 N–H and O–H groups in total. The summed E-state index contributed by atoms with van der Waals surface area (Å²) < 4.78 is 4.85. The van der Waals surface area contributed by atoms with E-state index in [1.165, 1.54) is 12.7 Å². The van der Waals surface area contributed by atoms with Crippen LogP contribution in [-0.4, -0.2) is 13.1 Å². The Balaban J connectivity index is 2.68. The molecule has 94 valence electrons. The minimum Gasteiger partial charge on any atom is -0.466 e. The lowest BCUT2D eigenvalue weighted by molar-refractivity contribution is -0.137. The van der Waals surface area contributed by atoms with Gasteiger partial charge in [-0.05, 0) is 38.0 Å². The van der Waals surface area contributed by atoms with Crippen LogP contribution < -0.4 is 0 Å². The molecule has 0 amide bonds. The van der Waals surface area contributed by atoms with Gasteiger partial charge in [0.25, 0.3) is 0 Å². The molecule has 1 rings (SSSR count). The molecule has 17 heavy (non-hydrogen) atoms. The maximum atomic E-state index is 11.7. The average molecular weight is 234 g/mol. The van der Waals surface area contributed by atoms with Crippen LogP contribution in [0.25, 0.3) is 0 Å². The van der Waals surface area contributed by atoms with Crippen LogP contribution in [0.5, 0.6) is 0 Å². The Hall–Kier alpha value is -1.31. The smallest absolute Gasteiger partial charge is 0.333 e. The molecule has 0 aromatic carbocycles. The Kier molecular flexibility index (Phi) is 4.73. The summed E-state index contributed by atoms with van der Waals surface area (Å²) in [5.74, 6) is -0.171. The van der Waals surface area contributed by atoms with Gasteiger partial charge >= 0.3 is 5.97 Å². The van der Waals surface area contributed by atoms with Gasteiger partial charge in [0.05, 0.1) is 7.11 Å². The minimum absolute atomic E-state index is 0.0244. The number of carbonyl (C=O) groups excluding carboxylic acids is 1. The van der Waals surface area contributed by atoms with E-state index in [0.717, 1.165) is 31.3 Å². The number of carbonyl (C=O) groups is 1. The Bertz CT molecular complexity index is 363. The van der Waals surface area contributed by atoms with E-state index in [0.29, 0.717) is 0 Å². The van der Waals surface area contributed by atoms with Gasteiger partial charge in [-0.2, -0.15) is 0 Å². The van der Waals surface area contributed by atoms with Crippen molar-refractivity contribution >= 4 is 5.97 Å². The molecule has 2 nitrogen and oxygen atoms in total. The lowest BCUT2D eigenvalue weighted by Crippen LogP contribution is -2.22. The van der Waals surface area contributed by atoms with E-state index >= 15 is 0 Å². The first kappa shape index (κ1) is 13.8. The molecular weight excluding hydrogens is 212 g/mol. The van der Waals surface area contributed by atoms with Crippen molar-refractivity contribution in [2.45, 2.75) is 39.5 Å². The van der Waals surface area contributed by atoms with Crippen molar-refractivity contribution in [3.63, 3.8) is 0 Å². The molecule has 2 heteroatoms. The molecule has 0 fully saturated rings. The van der Waals surface area contributed by atoms with Crippen molar-refractivity contribution < 1.29 is 9.53 Å². The maximum absolute atomic E-state index is 11.7. The SMILES string of the molecule is C=C/C=C(\C)CCC1(C)CCC=C1C(=O)OC. The molecule has 0 saturated heterocycles. The predicted molar refractivity (Wildman–Crippen MR) is 70.6 cm³/mol. The van der Waals surface area contributed by atoms with E-state index in [1.54, 1.807) is 0 Å². The van der Waals surface area contributed by atoms with Crippen LogP contribution in [-0.2, 0) is 9.53 Å². The quantitative estimate of drug-likeness (QED) is 0.534. The Morgan fingerprint density at radius 3 is 2.94 bits per heavy atom. The number of hydrogen-bond acceptors (Lipinski definition) is 2. The number of esters is 1. The summed E-state index contributed by atoms with van der Waals surface area (Å²) in [4.78, 5) is 11.7. The van der Waals surface area contributed by atoms with E-state index in [2.05, 4.69) is 20.4 Å². The Labute approximate surface area is 104 Å².